The second-order valence-electron chi connectivity index (χ2n) is 5.21. The second-order valence-corrected chi connectivity index (χ2v) is 5.57. The SMILES string of the molecule is O=C(NC1CCCCC1)n1nnn(-c2ccccc2)c1=S. The lowest BCUT2D eigenvalue weighted by molar-refractivity contribution is 0.230. The van der Waals surface area contributed by atoms with Gasteiger partial charge >= 0.3 is 6.03 Å². The zero-order valence-electron chi connectivity index (χ0n) is 11.6. The molecule has 1 saturated carbocycles. The topological polar surface area (TPSA) is 64.7 Å². The van der Waals surface area contributed by atoms with Gasteiger partial charge in [0.2, 0.25) is 4.77 Å². The Kier molecular flexibility index (Phi) is 4.10. The molecule has 1 amide bonds. The van der Waals surface area contributed by atoms with Crippen molar-refractivity contribution >= 4 is 18.2 Å². The maximum absolute atomic E-state index is 12.2. The molecule has 0 spiro atoms. The van der Waals surface area contributed by atoms with E-state index in [4.69, 9.17) is 12.2 Å². The number of tetrazole rings is 1. The minimum atomic E-state index is -0.297. The summed E-state index contributed by atoms with van der Waals surface area (Å²) in [6.07, 6.45) is 5.61. The van der Waals surface area contributed by atoms with Crippen molar-refractivity contribution in [1.29, 1.82) is 0 Å². The molecule has 1 aromatic carbocycles. The first kappa shape index (κ1) is 13.9. The molecule has 0 aliphatic heterocycles. The van der Waals surface area contributed by atoms with E-state index in [9.17, 15) is 4.79 Å². The highest BCUT2D eigenvalue weighted by atomic mass is 32.1. The van der Waals surface area contributed by atoms with Gasteiger partial charge in [0.05, 0.1) is 5.69 Å². The summed E-state index contributed by atoms with van der Waals surface area (Å²) in [6, 6.07) is 9.34. The van der Waals surface area contributed by atoms with Crippen LogP contribution < -0.4 is 5.32 Å². The molecule has 1 aliphatic rings. The largest absolute Gasteiger partial charge is 0.346 e. The maximum atomic E-state index is 12.2. The Morgan fingerprint density at radius 3 is 2.57 bits per heavy atom. The lowest BCUT2D eigenvalue weighted by Crippen LogP contribution is -2.39. The number of hydrogen-bond donors (Lipinski definition) is 1. The minimum Gasteiger partial charge on any atom is -0.333 e. The molecule has 110 valence electrons. The lowest BCUT2D eigenvalue weighted by atomic mass is 9.96. The van der Waals surface area contributed by atoms with Gasteiger partial charge in [0.1, 0.15) is 0 Å². The molecule has 0 bridgehead atoms. The van der Waals surface area contributed by atoms with E-state index in [0.717, 1.165) is 36.1 Å². The van der Waals surface area contributed by atoms with Gasteiger partial charge in [-0.3, -0.25) is 0 Å². The molecule has 0 saturated heterocycles. The fourth-order valence-corrected chi connectivity index (χ4v) is 2.85. The summed E-state index contributed by atoms with van der Waals surface area (Å²) < 4.78 is 2.90. The Balaban J connectivity index is 1.79. The van der Waals surface area contributed by atoms with Crippen molar-refractivity contribution in [2.45, 2.75) is 38.1 Å². The Bertz CT molecular complexity index is 672. The van der Waals surface area contributed by atoms with Crippen molar-refractivity contribution in [3.63, 3.8) is 0 Å². The Labute approximate surface area is 127 Å². The van der Waals surface area contributed by atoms with Gasteiger partial charge < -0.3 is 5.32 Å². The summed E-state index contributed by atoms with van der Waals surface area (Å²) in [5.74, 6) is 0. The normalized spacial score (nSPS) is 15.8. The Morgan fingerprint density at radius 1 is 1.14 bits per heavy atom. The summed E-state index contributed by atoms with van der Waals surface area (Å²) in [5, 5.41) is 10.8. The van der Waals surface area contributed by atoms with Gasteiger partial charge in [-0.15, -0.1) is 4.68 Å². The standard InChI is InChI=1S/C14H17N5OS/c20-13(15-11-7-3-1-4-8-11)19-14(21)18(16-17-19)12-9-5-2-6-10-12/h2,5-6,9-11H,1,3-4,7-8H2,(H,15,20). The van der Waals surface area contributed by atoms with Gasteiger partial charge in [-0.2, -0.15) is 4.68 Å². The average molecular weight is 303 g/mol. The smallest absolute Gasteiger partial charge is 0.333 e. The molecule has 1 aliphatic carbocycles. The molecular formula is C14H17N5OS. The third-order valence-corrected chi connectivity index (χ3v) is 4.05. The minimum absolute atomic E-state index is 0.218. The van der Waals surface area contributed by atoms with Crippen LogP contribution >= 0.6 is 12.2 Å². The number of para-hydroxylation sites is 1. The summed E-state index contributed by atoms with van der Waals surface area (Å²) in [6.45, 7) is 0. The molecule has 1 heterocycles. The zero-order valence-corrected chi connectivity index (χ0v) is 12.4. The highest BCUT2D eigenvalue weighted by Gasteiger charge is 2.19. The monoisotopic (exact) mass is 303 g/mol. The van der Waals surface area contributed by atoms with E-state index in [2.05, 4.69) is 15.7 Å². The molecule has 0 radical (unpaired) electrons. The third-order valence-electron chi connectivity index (χ3n) is 3.71. The van der Waals surface area contributed by atoms with Gasteiger partial charge in [-0.05, 0) is 47.6 Å². The van der Waals surface area contributed by atoms with Crippen molar-refractivity contribution in [3.05, 3.63) is 35.1 Å². The van der Waals surface area contributed by atoms with Crippen LogP contribution in [0, 0.1) is 4.77 Å². The van der Waals surface area contributed by atoms with E-state index in [-0.39, 0.29) is 16.8 Å². The van der Waals surface area contributed by atoms with Crippen LogP contribution in [0.1, 0.15) is 32.1 Å². The summed E-state index contributed by atoms with van der Waals surface area (Å²) in [7, 11) is 0. The van der Waals surface area contributed by atoms with E-state index in [1.165, 1.54) is 11.1 Å². The number of benzene rings is 1. The van der Waals surface area contributed by atoms with Crippen LogP contribution in [0.15, 0.2) is 30.3 Å². The van der Waals surface area contributed by atoms with Crippen molar-refractivity contribution in [2.24, 2.45) is 0 Å². The number of hydrogen-bond acceptors (Lipinski definition) is 4. The second kappa shape index (κ2) is 6.17. The van der Waals surface area contributed by atoms with E-state index in [0.29, 0.717) is 0 Å². The number of rotatable bonds is 2. The molecule has 21 heavy (non-hydrogen) atoms. The van der Waals surface area contributed by atoms with Gasteiger partial charge in [0.15, 0.2) is 0 Å². The average Bonchev–Trinajstić information content (AvgIpc) is 2.91. The molecule has 0 atom stereocenters. The van der Waals surface area contributed by atoms with Crippen LogP contribution in [0.25, 0.3) is 5.69 Å². The van der Waals surface area contributed by atoms with Gasteiger partial charge in [-0.25, -0.2) is 4.79 Å². The Hall–Kier alpha value is -2.02. The fourth-order valence-electron chi connectivity index (χ4n) is 2.59. The molecule has 1 N–H and O–H groups in total. The van der Waals surface area contributed by atoms with Crippen molar-refractivity contribution < 1.29 is 4.79 Å². The predicted octanol–water partition coefficient (Wildman–Crippen LogP) is 2.69. The van der Waals surface area contributed by atoms with E-state index in [1.807, 2.05) is 30.3 Å². The number of carbonyl (C=O) groups excluding carboxylic acids is 1. The number of nitrogens with one attached hydrogen (secondary N) is 1. The first-order valence-electron chi connectivity index (χ1n) is 7.17. The van der Waals surface area contributed by atoms with Gasteiger partial charge in [0, 0.05) is 6.04 Å². The number of amides is 1. The van der Waals surface area contributed by atoms with E-state index >= 15 is 0 Å². The summed E-state index contributed by atoms with van der Waals surface area (Å²) >= 11 is 5.29. The van der Waals surface area contributed by atoms with E-state index in [1.54, 1.807) is 0 Å². The maximum Gasteiger partial charge on any atom is 0.346 e. The first-order valence-corrected chi connectivity index (χ1v) is 7.58. The molecule has 3 rings (SSSR count). The van der Waals surface area contributed by atoms with Crippen molar-refractivity contribution in [1.82, 2.24) is 25.1 Å². The summed E-state index contributed by atoms with van der Waals surface area (Å²) in [4.78, 5) is 12.2. The lowest BCUT2D eigenvalue weighted by Gasteiger charge is -2.22. The Morgan fingerprint density at radius 2 is 1.86 bits per heavy atom. The zero-order chi connectivity index (χ0) is 14.7. The number of carbonyl (C=O) groups is 1. The molecule has 1 fully saturated rings. The van der Waals surface area contributed by atoms with E-state index < -0.39 is 0 Å². The number of aromatic nitrogens is 4. The van der Waals surface area contributed by atoms with Crippen LogP contribution in [0.3, 0.4) is 0 Å². The summed E-state index contributed by atoms with van der Waals surface area (Å²) in [5.41, 5.74) is 0.791. The van der Waals surface area contributed by atoms with Gasteiger partial charge in [0.25, 0.3) is 0 Å². The fraction of sp³-hybridized carbons (Fsp3) is 0.429. The van der Waals surface area contributed by atoms with Crippen LogP contribution in [-0.2, 0) is 0 Å². The third kappa shape index (κ3) is 3.02. The molecular weight excluding hydrogens is 286 g/mol. The molecule has 0 unspecified atom stereocenters. The van der Waals surface area contributed by atoms with Crippen LogP contribution in [0.2, 0.25) is 0 Å². The quantitative estimate of drug-likeness (QED) is 0.684. The van der Waals surface area contributed by atoms with Crippen LogP contribution in [0.5, 0.6) is 0 Å². The van der Waals surface area contributed by atoms with Gasteiger partial charge in [-0.1, -0.05) is 37.5 Å². The highest BCUT2D eigenvalue weighted by molar-refractivity contribution is 7.71. The highest BCUT2D eigenvalue weighted by Crippen LogP contribution is 2.17. The molecule has 6 nitrogen and oxygen atoms in total. The predicted molar refractivity (Wildman–Crippen MR) is 81.0 cm³/mol. The van der Waals surface area contributed by atoms with Crippen molar-refractivity contribution in [3.8, 4) is 5.69 Å². The van der Waals surface area contributed by atoms with Crippen LogP contribution in [0.4, 0.5) is 4.79 Å². The van der Waals surface area contributed by atoms with Crippen molar-refractivity contribution in [2.75, 3.05) is 0 Å². The molecule has 1 aromatic heterocycles. The van der Waals surface area contributed by atoms with Crippen LogP contribution in [-0.4, -0.2) is 31.9 Å². The first-order chi connectivity index (χ1) is 10.3. The molecule has 2 aromatic rings. The number of nitrogens with zero attached hydrogens (tertiary/aromatic N) is 4. The molecule has 7 heteroatoms.